The van der Waals surface area contributed by atoms with E-state index in [1.165, 1.54) is 0 Å². The van der Waals surface area contributed by atoms with Crippen molar-refractivity contribution in [3.8, 4) is 0 Å². The van der Waals surface area contributed by atoms with Gasteiger partial charge in [0.2, 0.25) is 0 Å². The van der Waals surface area contributed by atoms with Crippen molar-refractivity contribution >= 4 is 17.7 Å². The molecule has 1 aromatic rings. The first-order chi connectivity index (χ1) is 4.79. The lowest BCUT2D eigenvalue weighted by atomic mass is 10.2. The molecular weight excluding hydrogens is 146 g/mol. The lowest BCUT2D eigenvalue weighted by molar-refractivity contribution is 1.55. The molecule has 0 atom stereocenters. The van der Waals surface area contributed by atoms with E-state index in [1.54, 1.807) is 6.08 Å². The average Bonchev–Trinajstić information content (AvgIpc) is 1.88. The van der Waals surface area contributed by atoms with Gasteiger partial charge in [-0.15, -0.1) is 0 Å². The number of halogens is 1. The molecule has 0 aliphatic rings. The van der Waals surface area contributed by atoms with Gasteiger partial charge in [-0.1, -0.05) is 41.9 Å². The Kier molecular flexibility index (Phi) is 2.35. The average molecular weight is 154 g/mol. The smallest absolute Gasteiger partial charge is 0.0997 e. The van der Waals surface area contributed by atoms with Gasteiger partial charge in [0.25, 0.3) is 0 Å². The van der Waals surface area contributed by atoms with Crippen molar-refractivity contribution in [2.24, 2.45) is 5.73 Å². The summed E-state index contributed by atoms with van der Waals surface area (Å²) in [6, 6.07) is 9.70. The Labute approximate surface area is 65.1 Å². The van der Waals surface area contributed by atoms with Crippen molar-refractivity contribution in [1.82, 2.24) is 0 Å². The molecule has 1 aromatic carbocycles. The van der Waals surface area contributed by atoms with Crippen LogP contribution in [0.5, 0.6) is 0 Å². The quantitative estimate of drug-likeness (QED) is 0.615. The highest BCUT2D eigenvalue weighted by Crippen LogP contribution is 2.04. The summed E-state index contributed by atoms with van der Waals surface area (Å²) in [5, 5.41) is 0.311. The molecular formula is C8H8ClN. The maximum atomic E-state index is 5.45. The summed E-state index contributed by atoms with van der Waals surface area (Å²) < 4.78 is 0. The molecule has 10 heavy (non-hydrogen) atoms. The standard InChI is InChI=1S/C8H8ClN/c9-8(10)6-7-4-2-1-3-5-7/h1-6H,10H2. The minimum Gasteiger partial charge on any atom is -0.389 e. The zero-order valence-electron chi connectivity index (χ0n) is 5.42. The van der Waals surface area contributed by atoms with Crippen LogP contribution in [-0.4, -0.2) is 0 Å². The van der Waals surface area contributed by atoms with Crippen molar-refractivity contribution in [2.45, 2.75) is 0 Å². The SMILES string of the molecule is NC(Cl)=Cc1ccccc1. The van der Waals surface area contributed by atoms with Gasteiger partial charge in [-0.3, -0.25) is 0 Å². The number of hydrogen-bond acceptors (Lipinski definition) is 1. The maximum Gasteiger partial charge on any atom is 0.0997 e. The van der Waals surface area contributed by atoms with Crippen LogP contribution in [0.3, 0.4) is 0 Å². The summed E-state index contributed by atoms with van der Waals surface area (Å²) in [5.74, 6) is 0. The molecule has 1 nitrogen and oxygen atoms in total. The van der Waals surface area contributed by atoms with Crippen molar-refractivity contribution in [2.75, 3.05) is 0 Å². The van der Waals surface area contributed by atoms with Gasteiger partial charge in [0, 0.05) is 0 Å². The van der Waals surface area contributed by atoms with Crippen molar-refractivity contribution in [3.63, 3.8) is 0 Å². The van der Waals surface area contributed by atoms with Gasteiger partial charge >= 0.3 is 0 Å². The van der Waals surface area contributed by atoms with E-state index in [2.05, 4.69) is 0 Å². The minimum atomic E-state index is 0.311. The third kappa shape index (κ3) is 2.11. The number of hydrogen-bond donors (Lipinski definition) is 1. The molecule has 2 heteroatoms. The molecule has 0 amide bonds. The molecule has 0 fully saturated rings. The van der Waals surface area contributed by atoms with Crippen LogP contribution in [0.25, 0.3) is 6.08 Å². The second kappa shape index (κ2) is 3.28. The summed E-state index contributed by atoms with van der Waals surface area (Å²) >= 11 is 5.45. The molecule has 2 N–H and O–H groups in total. The number of benzene rings is 1. The molecule has 0 heterocycles. The zero-order valence-corrected chi connectivity index (χ0v) is 6.18. The fourth-order valence-electron chi connectivity index (χ4n) is 0.708. The molecule has 52 valence electrons. The summed E-state index contributed by atoms with van der Waals surface area (Å²) in [5.41, 5.74) is 6.27. The van der Waals surface area contributed by atoms with Crippen LogP contribution in [0.15, 0.2) is 35.5 Å². The van der Waals surface area contributed by atoms with E-state index in [1.807, 2.05) is 30.3 Å². The lowest BCUT2D eigenvalue weighted by Crippen LogP contribution is -1.85. The van der Waals surface area contributed by atoms with Crippen LogP contribution in [-0.2, 0) is 0 Å². The molecule has 0 spiro atoms. The predicted octanol–water partition coefficient (Wildman–Crippen LogP) is 2.18. The summed E-state index contributed by atoms with van der Waals surface area (Å²) in [6.45, 7) is 0. The van der Waals surface area contributed by atoms with Crippen LogP contribution in [0, 0.1) is 0 Å². The van der Waals surface area contributed by atoms with Crippen molar-refractivity contribution < 1.29 is 0 Å². The van der Waals surface area contributed by atoms with E-state index in [4.69, 9.17) is 17.3 Å². The molecule has 0 aromatic heterocycles. The van der Waals surface area contributed by atoms with Gasteiger partial charge in [-0.2, -0.15) is 0 Å². The molecule has 0 aliphatic heterocycles. The molecule has 0 aliphatic carbocycles. The number of nitrogens with two attached hydrogens (primary N) is 1. The van der Waals surface area contributed by atoms with Crippen molar-refractivity contribution in [3.05, 3.63) is 41.1 Å². The Bertz CT molecular complexity index is 224. The Hall–Kier alpha value is -0.950. The third-order valence-electron chi connectivity index (χ3n) is 1.10. The minimum absolute atomic E-state index is 0.311. The van der Waals surface area contributed by atoms with Gasteiger partial charge in [0.05, 0.1) is 5.16 Å². The highest BCUT2D eigenvalue weighted by molar-refractivity contribution is 6.30. The van der Waals surface area contributed by atoms with E-state index in [0.717, 1.165) is 5.56 Å². The third-order valence-corrected chi connectivity index (χ3v) is 1.21. The first-order valence-corrected chi connectivity index (χ1v) is 3.34. The van der Waals surface area contributed by atoms with Gasteiger partial charge in [0.15, 0.2) is 0 Å². The highest BCUT2D eigenvalue weighted by atomic mass is 35.5. The second-order valence-corrected chi connectivity index (χ2v) is 2.38. The monoisotopic (exact) mass is 153 g/mol. The summed E-state index contributed by atoms with van der Waals surface area (Å²) in [6.07, 6.45) is 1.71. The van der Waals surface area contributed by atoms with Gasteiger partial charge in [0.1, 0.15) is 0 Å². The molecule has 0 saturated carbocycles. The fourth-order valence-corrected chi connectivity index (χ4v) is 0.834. The Morgan fingerprint density at radius 1 is 1.30 bits per heavy atom. The van der Waals surface area contributed by atoms with Crippen LogP contribution in [0.2, 0.25) is 0 Å². The van der Waals surface area contributed by atoms with E-state index in [0.29, 0.717) is 5.16 Å². The molecule has 0 unspecified atom stereocenters. The van der Waals surface area contributed by atoms with E-state index in [-0.39, 0.29) is 0 Å². The maximum absolute atomic E-state index is 5.45. The lowest BCUT2D eigenvalue weighted by Gasteiger charge is -1.90. The van der Waals surface area contributed by atoms with E-state index in [9.17, 15) is 0 Å². The number of rotatable bonds is 1. The Morgan fingerprint density at radius 3 is 2.40 bits per heavy atom. The molecule has 0 bridgehead atoms. The van der Waals surface area contributed by atoms with E-state index >= 15 is 0 Å². The first kappa shape index (κ1) is 7.16. The second-order valence-electron chi connectivity index (χ2n) is 1.94. The van der Waals surface area contributed by atoms with Gasteiger partial charge in [-0.05, 0) is 11.6 Å². The summed E-state index contributed by atoms with van der Waals surface area (Å²) in [7, 11) is 0. The largest absolute Gasteiger partial charge is 0.389 e. The van der Waals surface area contributed by atoms with Crippen LogP contribution in [0.4, 0.5) is 0 Å². The van der Waals surface area contributed by atoms with Crippen molar-refractivity contribution in [1.29, 1.82) is 0 Å². The molecule has 0 saturated heterocycles. The van der Waals surface area contributed by atoms with Crippen LogP contribution in [0.1, 0.15) is 5.56 Å². The highest BCUT2D eigenvalue weighted by Gasteiger charge is 1.84. The van der Waals surface area contributed by atoms with E-state index < -0.39 is 0 Å². The van der Waals surface area contributed by atoms with Crippen LogP contribution < -0.4 is 5.73 Å². The Balaban J connectivity index is 2.87. The topological polar surface area (TPSA) is 26.0 Å². The van der Waals surface area contributed by atoms with Gasteiger partial charge < -0.3 is 5.73 Å². The normalized spacial score (nSPS) is 11.5. The molecule has 0 radical (unpaired) electrons. The van der Waals surface area contributed by atoms with Crippen LogP contribution >= 0.6 is 11.6 Å². The fraction of sp³-hybridized carbons (Fsp3) is 0. The molecule has 1 rings (SSSR count). The zero-order chi connectivity index (χ0) is 7.40. The first-order valence-electron chi connectivity index (χ1n) is 2.97. The van der Waals surface area contributed by atoms with Gasteiger partial charge in [-0.25, -0.2) is 0 Å². The Morgan fingerprint density at radius 2 is 1.90 bits per heavy atom. The summed E-state index contributed by atoms with van der Waals surface area (Å²) in [4.78, 5) is 0. The predicted molar refractivity (Wildman–Crippen MR) is 44.5 cm³/mol.